The standard InChI is InChI=1S/C19H24N2O2/c1-3-21(14-16-10-6-5-7-11-16)15-19(22)20-17-12-8-9-13-18(17)23-4-2/h5-13H,3-4,14-15H2,1-2H3,(H,20,22). The second kappa shape index (κ2) is 8.96. The summed E-state index contributed by atoms with van der Waals surface area (Å²) in [6.07, 6.45) is 0. The van der Waals surface area contributed by atoms with Gasteiger partial charge in [-0.15, -0.1) is 0 Å². The Kier molecular flexibility index (Phi) is 6.63. The molecule has 0 saturated heterocycles. The fourth-order valence-corrected chi connectivity index (χ4v) is 2.37. The van der Waals surface area contributed by atoms with E-state index in [9.17, 15) is 4.79 Å². The van der Waals surface area contributed by atoms with Crippen LogP contribution in [0.3, 0.4) is 0 Å². The number of hydrogen-bond donors (Lipinski definition) is 1. The van der Waals surface area contributed by atoms with Gasteiger partial charge in [-0.05, 0) is 31.2 Å². The van der Waals surface area contributed by atoms with Crippen LogP contribution in [0.1, 0.15) is 19.4 Å². The highest BCUT2D eigenvalue weighted by Gasteiger charge is 2.12. The first kappa shape index (κ1) is 17.0. The molecule has 0 aliphatic rings. The van der Waals surface area contributed by atoms with E-state index >= 15 is 0 Å². The van der Waals surface area contributed by atoms with Crippen LogP contribution < -0.4 is 10.1 Å². The van der Waals surface area contributed by atoms with Gasteiger partial charge in [0.15, 0.2) is 0 Å². The fraction of sp³-hybridized carbons (Fsp3) is 0.316. The fourth-order valence-electron chi connectivity index (χ4n) is 2.37. The third-order valence-electron chi connectivity index (χ3n) is 3.52. The third-order valence-corrected chi connectivity index (χ3v) is 3.52. The van der Waals surface area contributed by atoms with Gasteiger partial charge in [0.1, 0.15) is 5.75 Å². The molecular formula is C19H24N2O2. The SMILES string of the molecule is CCOc1ccccc1NC(=O)CN(CC)Cc1ccccc1. The topological polar surface area (TPSA) is 41.6 Å². The van der Waals surface area contributed by atoms with E-state index in [-0.39, 0.29) is 5.91 Å². The number of para-hydroxylation sites is 2. The van der Waals surface area contributed by atoms with Crippen LogP contribution in [0.15, 0.2) is 54.6 Å². The third kappa shape index (κ3) is 5.42. The first-order valence-electron chi connectivity index (χ1n) is 8.00. The van der Waals surface area contributed by atoms with E-state index in [4.69, 9.17) is 4.74 Å². The Morgan fingerprint density at radius 1 is 1.04 bits per heavy atom. The minimum absolute atomic E-state index is 0.0325. The number of amides is 1. The normalized spacial score (nSPS) is 10.6. The van der Waals surface area contributed by atoms with Crippen LogP contribution in [0.2, 0.25) is 0 Å². The number of anilines is 1. The first-order chi connectivity index (χ1) is 11.2. The van der Waals surface area contributed by atoms with Crippen molar-refractivity contribution < 1.29 is 9.53 Å². The molecule has 2 rings (SSSR count). The van der Waals surface area contributed by atoms with Crippen molar-refractivity contribution in [1.82, 2.24) is 4.90 Å². The number of rotatable bonds is 8. The number of likely N-dealkylation sites (N-methyl/N-ethyl adjacent to an activating group) is 1. The van der Waals surface area contributed by atoms with E-state index in [0.29, 0.717) is 18.9 Å². The van der Waals surface area contributed by atoms with Gasteiger partial charge >= 0.3 is 0 Å². The molecule has 0 radical (unpaired) electrons. The Hall–Kier alpha value is -2.33. The van der Waals surface area contributed by atoms with Crippen LogP contribution in [0.5, 0.6) is 5.75 Å². The molecular weight excluding hydrogens is 288 g/mol. The molecule has 23 heavy (non-hydrogen) atoms. The van der Waals surface area contributed by atoms with Crippen LogP contribution in [-0.4, -0.2) is 30.5 Å². The molecule has 0 aliphatic carbocycles. The lowest BCUT2D eigenvalue weighted by Crippen LogP contribution is -2.32. The molecule has 0 heterocycles. The summed E-state index contributed by atoms with van der Waals surface area (Å²) in [6, 6.07) is 17.7. The Morgan fingerprint density at radius 3 is 2.43 bits per heavy atom. The molecule has 2 aromatic carbocycles. The summed E-state index contributed by atoms with van der Waals surface area (Å²) in [5.41, 5.74) is 1.92. The van der Waals surface area contributed by atoms with Crippen molar-refractivity contribution in [2.24, 2.45) is 0 Å². The van der Waals surface area contributed by atoms with Crippen molar-refractivity contribution in [3.63, 3.8) is 0 Å². The monoisotopic (exact) mass is 312 g/mol. The molecule has 0 fully saturated rings. The van der Waals surface area contributed by atoms with Gasteiger partial charge in [0.2, 0.25) is 5.91 Å². The second-order valence-electron chi connectivity index (χ2n) is 5.27. The number of nitrogens with one attached hydrogen (secondary N) is 1. The molecule has 0 spiro atoms. The van der Waals surface area contributed by atoms with Gasteiger partial charge < -0.3 is 10.1 Å². The van der Waals surface area contributed by atoms with E-state index in [1.165, 1.54) is 5.56 Å². The van der Waals surface area contributed by atoms with E-state index in [1.807, 2.05) is 49.4 Å². The van der Waals surface area contributed by atoms with E-state index < -0.39 is 0 Å². The lowest BCUT2D eigenvalue weighted by Gasteiger charge is -2.20. The predicted octanol–water partition coefficient (Wildman–Crippen LogP) is 3.55. The zero-order chi connectivity index (χ0) is 16.5. The highest BCUT2D eigenvalue weighted by molar-refractivity contribution is 5.93. The van der Waals surface area contributed by atoms with Gasteiger partial charge in [-0.2, -0.15) is 0 Å². The van der Waals surface area contributed by atoms with Crippen LogP contribution >= 0.6 is 0 Å². The highest BCUT2D eigenvalue weighted by Crippen LogP contribution is 2.23. The van der Waals surface area contributed by atoms with Crippen LogP contribution in [0.25, 0.3) is 0 Å². The molecule has 4 nitrogen and oxygen atoms in total. The summed E-state index contributed by atoms with van der Waals surface area (Å²) in [5.74, 6) is 0.671. The number of benzene rings is 2. The van der Waals surface area contributed by atoms with Crippen LogP contribution in [-0.2, 0) is 11.3 Å². The number of ether oxygens (including phenoxy) is 1. The molecule has 1 amide bonds. The molecule has 4 heteroatoms. The maximum Gasteiger partial charge on any atom is 0.238 e. The maximum atomic E-state index is 12.3. The Morgan fingerprint density at radius 2 is 1.74 bits per heavy atom. The van der Waals surface area contributed by atoms with Crippen molar-refractivity contribution in [2.45, 2.75) is 20.4 Å². The van der Waals surface area contributed by atoms with E-state index in [0.717, 1.165) is 18.8 Å². The first-order valence-corrected chi connectivity index (χ1v) is 8.00. The number of carbonyl (C=O) groups excluding carboxylic acids is 1. The minimum atomic E-state index is -0.0325. The number of hydrogen-bond acceptors (Lipinski definition) is 3. The summed E-state index contributed by atoms with van der Waals surface area (Å²) in [4.78, 5) is 14.4. The molecule has 0 aliphatic heterocycles. The quantitative estimate of drug-likeness (QED) is 0.810. The largest absolute Gasteiger partial charge is 0.492 e. The molecule has 0 bridgehead atoms. The van der Waals surface area contributed by atoms with Crippen molar-refractivity contribution >= 4 is 11.6 Å². The molecule has 2 aromatic rings. The average molecular weight is 312 g/mol. The molecule has 1 N–H and O–H groups in total. The van der Waals surface area contributed by atoms with Crippen molar-refractivity contribution in [3.05, 3.63) is 60.2 Å². The van der Waals surface area contributed by atoms with Gasteiger partial charge in [0.25, 0.3) is 0 Å². The van der Waals surface area contributed by atoms with E-state index in [1.54, 1.807) is 0 Å². The maximum absolute atomic E-state index is 12.3. The van der Waals surface area contributed by atoms with Gasteiger partial charge in [-0.25, -0.2) is 0 Å². The molecule has 0 atom stereocenters. The Bertz CT molecular complexity index is 614. The van der Waals surface area contributed by atoms with Crippen LogP contribution in [0, 0.1) is 0 Å². The van der Waals surface area contributed by atoms with Gasteiger partial charge in [-0.3, -0.25) is 9.69 Å². The van der Waals surface area contributed by atoms with Crippen molar-refractivity contribution in [1.29, 1.82) is 0 Å². The average Bonchev–Trinajstić information content (AvgIpc) is 2.57. The smallest absolute Gasteiger partial charge is 0.238 e. The lowest BCUT2D eigenvalue weighted by molar-refractivity contribution is -0.117. The molecule has 122 valence electrons. The zero-order valence-electron chi connectivity index (χ0n) is 13.8. The van der Waals surface area contributed by atoms with E-state index in [2.05, 4.69) is 29.3 Å². The minimum Gasteiger partial charge on any atom is -0.492 e. The molecule has 0 aromatic heterocycles. The van der Waals surface area contributed by atoms with Crippen LogP contribution in [0.4, 0.5) is 5.69 Å². The summed E-state index contributed by atoms with van der Waals surface area (Å²) in [6.45, 7) is 6.49. The summed E-state index contributed by atoms with van der Waals surface area (Å²) < 4.78 is 5.54. The second-order valence-corrected chi connectivity index (χ2v) is 5.27. The van der Waals surface area contributed by atoms with Gasteiger partial charge in [0, 0.05) is 6.54 Å². The van der Waals surface area contributed by atoms with Crippen molar-refractivity contribution in [2.75, 3.05) is 25.0 Å². The molecule has 0 saturated carbocycles. The summed E-state index contributed by atoms with van der Waals surface area (Å²) in [5, 5.41) is 2.94. The highest BCUT2D eigenvalue weighted by atomic mass is 16.5. The zero-order valence-corrected chi connectivity index (χ0v) is 13.8. The lowest BCUT2D eigenvalue weighted by atomic mass is 10.2. The van der Waals surface area contributed by atoms with Gasteiger partial charge in [-0.1, -0.05) is 49.4 Å². The Balaban J connectivity index is 1.95. The van der Waals surface area contributed by atoms with Gasteiger partial charge in [0.05, 0.1) is 18.8 Å². The summed E-state index contributed by atoms with van der Waals surface area (Å²) >= 11 is 0. The number of carbonyl (C=O) groups is 1. The summed E-state index contributed by atoms with van der Waals surface area (Å²) in [7, 11) is 0. The predicted molar refractivity (Wildman–Crippen MR) is 93.6 cm³/mol. The molecule has 0 unspecified atom stereocenters. The van der Waals surface area contributed by atoms with Crippen molar-refractivity contribution in [3.8, 4) is 5.75 Å². The Labute approximate surface area is 138 Å². The number of nitrogens with zero attached hydrogens (tertiary/aromatic N) is 1.